The third-order valence-electron chi connectivity index (χ3n) is 6.27. The molecule has 1 aliphatic carbocycles. The van der Waals surface area contributed by atoms with Gasteiger partial charge in [0, 0.05) is 55.0 Å². The average molecular weight is 454 g/mol. The molecule has 0 spiro atoms. The number of pyridine rings is 1. The molecule has 0 radical (unpaired) electrons. The van der Waals surface area contributed by atoms with E-state index in [0.717, 1.165) is 24.2 Å². The van der Waals surface area contributed by atoms with E-state index in [9.17, 15) is 14.4 Å². The molecule has 2 aromatic heterocycles. The predicted octanol–water partition coefficient (Wildman–Crippen LogP) is 2.60. The summed E-state index contributed by atoms with van der Waals surface area (Å²) >= 11 is 5.99. The average Bonchev–Trinajstić information content (AvgIpc) is 3.64. The van der Waals surface area contributed by atoms with Crippen molar-refractivity contribution in [1.82, 2.24) is 19.4 Å². The summed E-state index contributed by atoms with van der Waals surface area (Å²) in [6, 6.07) is 9.42. The molecule has 1 saturated heterocycles. The number of hydrogen-bond donors (Lipinski definition) is 1. The van der Waals surface area contributed by atoms with Crippen LogP contribution in [-0.4, -0.2) is 51.5 Å². The van der Waals surface area contributed by atoms with Gasteiger partial charge in [-0.05, 0) is 50.1 Å². The van der Waals surface area contributed by atoms with Crippen molar-refractivity contribution in [2.75, 3.05) is 31.1 Å². The molecule has 3 aromatic rings. The maximum absolute atomic E-state index is 13.6. The van der Waals surface area contributed by atoms with Crippen molar-refractivity contribution in [3.05, 3.63) is 67.4 Å². The van der Waals surface area contributed by atoms with Crippen molar-refractivity contribution < 1.29 is 4.79 Å². The number of halogens is 1. The number of amides is 1. The zero-order valence-electron chi connectivity index (χ0n) is 17.8. The summed E-state index contributed by atoms with van der Waals surface area (Å²) in [6.45, 7) is 4.62. The normalized spacial score (nSPS) is 16.6. The summed E-state index contributed by atoms with van der Waals surface area (Å²) in [7, 11) is 0. The molecule has 2 aliphatic rings. The fraction of sp³-hybridized carbons (Fsp3) is 0.391. The van der Waals surface area contributed by atoms with Crippen molar-refractivity contribution in [3.8, 4) is 0 Å². The van der Waals surface area contributed by atoms with E-state index in [4.69, 9.17) is 11.6 Å². The second-order valence-electron chi connectivity index (χ2n) is 8.33. The smallest absolute Gasteiger partial charge is 0.329 e. The van der Waals surface area contributed by atoms with E-state index < -0.39 is 11.2 Å². The summed E-state index contributed by atoms with van der Waals surface area (Å²) in [5, 5.41) is 0.885. The molecule has 1 amide bonds. The Morgan fingerprint density at radius 3 is 2.44 bits per heavy atom. The first-order valence-corrected chi connectivity index (χ1v) is 11.3. The number of aromatic nitrogens is 3. The van der Waals surface area contributed by atoms with Crippen molar-refractivity contribution >= 4 is 34.2 Å². The Morgan fingerprint density at radius 2 is 1.81 bits per heavy atom. The lowest BCUT2D eigenvalue weighted by Crippen LogP contribution is -2.49. The summed E-state index contributed by atoms with van der Waals surface area (Å²) in [4.78, 5) is 49.6. The molecule has 0 bridgehead atoms. The van der Waals surface area contributed by atoms with E-state index in [2.05, 4.69) is 14.9 Å². The first kappa shape index (κ1) is 20.8. The number of H-pyrrole nitrogens is 1. The second kappa shape index (κ2) is 8.09. The summed E-state index contributed by atoms with van der Waals surface area (Å²) in [5.74, 6) is 0.0919. The zero-order valence-corrected chi connectivity index (χ0v) is 18.6. The van der Waals surface area contributed by atoms with Gasteiger partial charge in [-0.3, -0.25) is 19.1 Å². The Kier molecular flexibility index (Phi) is 5.25. The van der Waals surface area contributed by atoms with Crippen LogP contribution < -0.4 is 16.1 Å². The Balaban J connectivity index is 1.49. The number of nitrogens with zero attached hydrogens (tertiary/aromatic N) is 4. The minimum absolute atomic E-state index is 0.193. The lowest BCUT2D eigenvalue weighted by molar-refractivity contribution is 0.0748. The van der Waals surface area contributed by atoms with Crippen LogP contribution in [-0.2, 0) is 6.54 Å². The Labute approximate surface area is 189 Å². The number of aromatic amines is 1. The van der Waals surface area contributed by atoms with E-state index in [1.165, 1.54) is 4.57 Å². The molecule has 1 aromatic carbocycles. The molecule has 1 saturated carbocycles. The van der Waals surface area contributed by atoms with Gasteiger partial charge in [0.05, 0.1) is 10.9 Å². The van der Waals surface area contributed by atoms with Gasteiger partial charge in [0.15, 0.2) is 5.65 Å². The molecule has 8 nitrogen and oxygen atoms in total. The molecule has 2 fully saturated rings. The number of carbonyl (C=O) groups is 1. The number of nitrogens with one attached hydrogen (secondary N) is 1. The fourth-order valence-corrected chi connectivity index (χ4v) is 4.46. The maximum atomic E-state index is 13.6. The second-order valence-corrected chi connectivity index (χ2v) is 8.76. The Morgan fingerprint density at radius 1 is 1.12 bits per heavy atom. The topological polar surface area (TPSA) is 91.3 Å². The van der Waals surface area contributed by atoms with Crippen molar-refractivity contribution in [2.45, 2.75) is 32.2 Å². The van der Waals surface area contributed by atoms with Crippen LogP contribution in [0.5, 0.6) is 0 Å². The number of aryl methyl sites for hydroxylation is 1. The minimum Gasteiger partial charge on any atom is -0.368 e. The Bertz CT molecular complexity index is 1300. The standard InChI is InChI=1S/C23H24ClN5O3/c1-2-29-20-19(21(30)26-23(29)32)17(13-18(25-20)14-3-4-14)22(31)28-11-9-27(10-12-28)16-7-5-15(24)6-8-16/h5-8,13-14H,2-4,9-12H2,1H3,(H,26,30,32). The highest BCUT2D eigenvalue weighted by molar-refractivity contribution is 6.30. The molecule has 3 heterocycles. The van der Waals surface area contributed by atoms with Crippen LogP contribution in [0.2, 0.25) is 5.02 Å². The van der Waals surface area contributed by atoms with Gasteiger partial charge in [-0.2, -0.15) is 0 Å². The Hall–Kier alpha value is -3.13. The van der Waals surface area contributed by atoms with Crippen LogP contribution in [0, 0.1) is 0 Å². The van der Waals surface area contributed by atoms with Crippen molar-refractivity contribution in [1.29, 1.82) is 0 Å². The molecular weight excluding hydrogens is 430 g/mol. The number of piperazine rings is 1. The van der Waals surface area contributed by atoms with Crippen molar-refractivity contribution in [2.24, 2.45) is 0 Å². The van der Waals surface area contributed by atoms with Crippen LogP contribution in [0.25, 0.3) is 11.0 Å². The highest BCUT2D eigenvalue weighted by Crippen LogP contribution is 2.40. The van der Waals surface area contributed by atoms with Crippen molar-refractivity contribution in [3.63, 3.8) is 0 Å². The quantitative estimate of drug-likeness (QED) is 0.655. The molecule has 9 heteroatoms. The van der Waals surface area contributed by atoms with Crippen LogP contribution in [0.4, 0.5) is 5.69 Å². The van der Waals surface area contributed by atoms with Gasteiger partial charge < -0.3 is 9.80 Å². The predicted molar refractivity (Wildman–Crippen MR) is 124 cm³/mol. The van der Waals surface area contributed by atoms with Gasteiger partial charge >= 0.3 is 5.69 Å². The lowest BCUT2D eigenvalue weighted by atomic mass is 10.1. The summed E-state index contributed by atoms with van der Waals surface area (Å²) in [6.07, 6.45) is 2.01. The monoisotopic (exact) mass is 453 g/mol. The first-order valence-electron chi connectivity index (χ1n) is 10.9. The summed E-state index contributed by atoms with van der Waals surface area (Å²) in [5.41, 5.74) is 1.42. The van der Waals surface area contributed by atoms with E-state index in [1.807, 2.05) is 31.2 Å². The number of carbonyl (C=O) groups excluding carboxylic acids is 1. The van der Waals surface area contributed by atoms with Gasteiger partial charge in [-0.1, -0.05) is 11.6 Å². The molecule has 0 unspecified atom stereocenters. The van der Waals surface area contributed by atoms with E-state index in [-0.39, 0.29) is 17.2 Å². The SMILES string of the molecule is CCn1c(=O)[nH]c(=O)c2c(C(=O)N3CCN(c4ccc(Cl)cc4)CC3)cc(C3CC3)nc21. The molecular formula is C23H24ClN5O3. The van der Waals surface area contributed by atoms with Gasteiger partial charge in [0.1, 0.15) is 0 Å². The van der Waals surface area contributed by atoms with Gasteiger partial charge in [-0.25, -0.2) is 9.78 Å². The number of hydrogen-bond acceptors (Lipinski definition) is 5. The molecule has 1 N–H and O–H groups in total. The molecule has 1 aliphatic heterocycles. The molecule has 5 rings (SSSR count). The number of benzene rings is 1. The first-order chi connectivity index (χ1) is 15.5. The highest BCUT2D eigenvalue weighted by Gasteiger charge is 2.30. The third-order valence-corrected chi connectivity index (χ3v) is 6.52. The number of anilines is 1. The summed E-state index contributed by atoms with van der Waals surface area (Å²) < 4.78 is 1.43. The van der Waals surface area contributed by atoms with Gasteiger partial charge in [-0.15, -0.1) is 0 Å². The zero-order chi connectivity index (χ0) is 22.4. The largest absolute Gasteiger partial charge is 0.368 e. The van der Waals surface area contributed by atoms with E-state index in [0.29, 0.717) is 49.0 Å². The maximum Gasteiger partial charge on any atom is 0.329 e. The minimum atomic E-state index is -0.562. The van der Waals surface area contributed by atoms with Crippen LogP contribution >= 0.6 is 11.6 Å². The number of fused-ring (bicyclic) bond motifs is 1. The van der Waals surface area contributed by atoms with E-state index in [1.54, 1.807) is 11.0 Å². The van der Waals surface area contributed by atoms with Gasteiger partial charge in [0.2, 0.25) is 0 Å². The lowest BCUT2D eigenvalue weighted by Gasteiger charge is -2.36. The number of rotatable bonds is 4. The molecule has 166 valence electrons. The van der Waals surface area contributed by atoms with Crippen LogP contribution in [0.15, 0.2) is 39.9 Å². The molecule has 0 atom stereocenters. The van der Waals surface area contributed by atoms with Crippen LogP contribution in [0.3, 0.4) is 0 Å². The third kappa shape index (κ3) is 3.68. The molecule has 32 heavy (non-hydrogen) atoms. The highest BCUT2D eigenvalue weighted by atomic mass is 35.5. The fourth-order valence-electron chi connectivity index (χ4n) is 4.33. The van der Waals surface area contributed by atoms with Crippen LogP contribution in [0.1, 0.15) is 41.7 Å². The van der Waals surface area contributed by atoms with E-state index >= 15 is 0 Å². The van der Waals surface area contributed by atoms with Gasteiger partial charge in [0.25, 0.3) is 11.5 Å².